The highest BCUT2D eigenvalue weighted by molar-refractivity contribution is 8.18. The Balaban J connectivity index is 2.05. The fourth-order valence-electron chi connectivity index (χ4n) is 3.50. The van der Waals surface area contributed by atoms with Crippen LogP contribution in [-0.4, -0.2) is 51.8 Å². The van der Waals surface area contributed by atoms with E-state index in [1.54, 1.807) is 23.6 Å². The van der Waals surface area contributed by atoms with E-state index in [9.17, 15) is 24.5 Å². The molecule has 0 radical (unpaired) electrons. The fourth-order valence-corrected chi connectivity index (χ4v) is 4.40. The van der Waals surface area contributed by atoms with Gasteiger partial charge in [0.1, 0.15) is 11.8 Å². The Morgan fingerprint density at radius 2 is 1.91 bits per heavy atom. The molecule has 10 nitrogen and oxygen atoms in total. The molecule has 0 saturated carbocycles. The Bertz CT molecular complexity index is 1170. The second-order valence-electron chi connectivity index (χ2n) is 7.03. The van der Waals surface area contributed by atoms with Gasteiger partial charge in [-0.15, -0.1) is 0 Å². The molecule has 0 N–H and O–H groups in total. The first-order valence-corrected chi connectivity index (χ1v) is 10.3. The molecular formula is C21H21N3O7S. The second-order valence-corrected chi connectivity index (χ2v) is 8.02. The summed E-state index contributed by atoms with van der Waals surface area (Å²) in [4.78, 5) is 48.7. The number of nitro benzene ring substituents is 1. The number of nitro groups is 1. The average Bonchev–Trinajstić information content (AvgIpc) is 3.20. The first-order valence-electron chi connectivity index (χ1n) is 9.47. The lowest BCUT2D eigenvalue weighted by Gasteiger charge is -2.18. The number of methoxy groups -OCH3 is 2. The molecule has 0 bridgehead atoms. The van der Waals surface area contributed by atoms with Crippen molar-refractivity contribution in [3.05, 3.63) is 56.2 Å². The normalized spacial score (nSPS) is 15.9. The number of carbonyl (C=O) groups excluding carboxylic acids is 3. The highest BCUT2D eigenvalue weighted by Gasteiger charge is 2.41. The van der Waals surface area contributed by atoms with Gasteiger partial charge in [-0.25, -0.2) is 4.79 Å². The minimum absolute atomic E-state index is 0.0900. The number of hydrogen-bond donors (Lipinski definition) is 0. The maximum absolute atomic E-state index is 12.8. The molecule has 32 heavy (non-hydrogen) atoms. The average molecular weight is 459 g/mol. The van der Waals surface area contributed by atoms with Gasteiger partial charge in [0.25, 0.3) is 16.8 Å². The van der Waals surface area contributed by atoms with Crippen LogP contribution in [0.2, 0.25) is 0 Å². The lowest BCUT2D eigenvalue weighted by Crippen LogP contribution is -2.42. The molecule has 2 heterocycles. The summed E-state index contributed by atoms with van der Waals surface area (Å²) in [5, 5.41) is 10.7. The van der Waals surface area contributed by atoms with Crippen LogP contribution in [0.3, 0.4) is 0 Å². The summed E-state index contributed by atoms with van der Waals surface area (Å²) in [5.41, 5.74) is 2.47. The van der Waals surface area contributed by atoms with Crippen molar-refractivity contribution >= 4 is 40.6 Å². The predicted molar refractivity (Wildman–Crippen MR) is 118 cm³/mol. The van der Waals surface area contributed by atoms with Gasteiger partial charge in [0.15, 0.2) is 0 Å². The minimum Gasteiger partial charge on any atom is -0.495 e. The number of carbonyl (C=O) groups is 3. The number of ether oxygens (including phenoxy) is 2. The van der Waals surface area contributed by atoms with Crippen molar-refractivity contribution in [3.8, 4) is 11.4 Å². The van der Waals surface area contributed by atoms with Crippen molar-refractivity contribution < 1.29 is 28.8 Å². The third-order valence-electron chi connectivity index (χ3n) is 5.12. The van der Waals surface area contributed by atoms with Gasteiger partial charge in [-0.3, -0.25) is 24.6 Å². The molecule has 1 aromatic heterocycles. The van der Waals surface area contributed by atoms with Gasteiger partial charge in [-0.1, -0.05) is 0 Å². The topological polar surface area (TPSA) is 121 Å². The van der Waals surface area contributed by atoms with Crippen LogP contribution in [0.25, 0.3) is 11.8 Å². The second kappa shape index (κ2) is 8.87. The van der Waals surface area contributed by atoms with Crippen LogP contribution in [0, 0.1) is 24.0 Å². The van der Waals surface area contributed by atoms with Crippen molar-refractivity contribution in [3.63, 3.8) is 0 Å². The summed E-state index contributed by atoms with van der Waals surface area (Å²) in [6.45, 7) is 5.03. The zero-order chi connectivity index (χ0) is 23.7. The molecule has 2 amide bonds. The van der Waals surface area contributed by atoms with E-state index >= 15 is 0 Å². The van der Waals surface area contributed by atoms with Gasteiger partial charge >= 0.3 is 5.97 Å². The Kier molecular flexibility index (Phi) is 6.40. The SMILES string of the molecule is COC(=O)[C@H](C)N1C(=O)S/C(=C/c2cc(C)n(-c3cc([N+](=O)[O-])ccc3OC)c2C)C1=O. The Morgan fingerprint density at radius 3 is 2.50 bits per heavy atom. The maximum Gasteiger partial charge on any atom is 0.328 e. The molecule has 0 spiro atoms. The molecule has 1 atom stereocenters. The van der Waals surface area contributed by atoms with Gasteiger partial charge in [-0.2, -0.15) is 0 Å². The van der Waals surface area contributed by atoms with Gasteiger partial charge in [0.2, 0.25) is 0 Å². The number of nitrogens with zero attached hydrogens (tertiary/aromatic N) is 3. The molecule has 1 fully saturated rings. The number of amides is 2. The lowest BCUT2D eigenvalue weighted by atomic mass is 10.2. The van der Waals surface area contributed by atoms with E-state index in [2.05, 4.69) is 4.74 Å². The minimum atomic E-state index is -1.04. The molecule has 3 rings (SSSR count). The van der Waals surface area contributed by atoms with Crippen molar-refractivity contribution in [2.45, 2.75) is 26.8 Å². The number of rotatable bonds is 6. The third-order valence-corrected chi connectivity index (χ3v) is 6.01. The van der Waals surface area contributed by atoms with E-state index in [0.29, 0.717) is 22.7 Å². The zero-order valence-corrected chi connectivity index (χ0v) is 18.9. The number of thioether (sulfide) groups is 1. The monoisotopic (exact) mass is 459 g/mol. The first-order chi connectivity index (χ1) is 15.1. The predicted octanol–water partition coefficient (Wildman–Crippen LogP) is 3.61. The Hall–Kier alpha value is -3.60. The summed E-state index contributed by atoms with van der Waals surface area (Å²) in [7, 11) is 2.66. The smallest absolute Gasteiger partial charge is 0.328 e. The molecule has 1 aliphatic heterocycles. The number of hydrogen-bond acceptors (Lipinski definition) is 8. The third kappa shape index (κ3) is 3.98. The largest absolute Gasteiger partial charge is 0.495 e. The lowest BCUT2D eigenvalue weighted by molar-refractivity contribution is -0.384. The van der Waals surface area contributed by atoms with Gasteiger partial charge in [0, 0.05) is 23.5 Å². The number of aryl methyl sites for hydroxylation is 1. The summed E-state index contributed by atoms with van der Waals surface area (Å²) in [5.74, 6) is -0.837. The molecule has 1 aliphatic rings. The van der Waals surface area contributed by atoms with Crippen LogP contribution in [0.1, 0.15) is 23.9 Å². The summed E-state index contributed by atoms with van der Waals surface area (Å²) >= 11 is 0.734. The summed E-state index contributed by atoms with van der Waals surface area (Å²) in [6, 6.07) is 5.04. The molecule has 168 valence electrons. The van der Waals surface area contributed by atoms with Crippen LogP contribution in [0.5, 0.6) is 5.75 Å². The van der Waals surface area contributed by atoms with E-state index in [1.165, 1.54) is 39.3 Å². The highest BCUT2D eigenvalue weighted by atomic mass is 32.2. The van der Waals surface area contributed by atoms with Crippen molar-refractivity contribution in [1.29, 1.82) is 0 Å². The van der Waals surface area contributed by atoms with E-state index < -0.39 is 28.1 Å². The molecule has 0 aliphatic carbocycles. The van der Waals surface area contributed by atoms with Gasteiger partial charge in [0.05, 0.1) is 29.7 Å². The number of esters is 1. The molecule has 11 heteroatoms. The summed E-state index contributed by atoms with van der Waals surface area (Å²) < 4.78 is 11.8. The van der Waals surface area contributed by atoms with E-state index in [-0.39, 0.29) is 10.6 Å². The molecule has 0 unspecified atom stereocenters. The molecular weight excluding hydrogens is 438 g/mol. The van der Waals surface area contributed by atoms with Crippen LogP contribution in [0.15, 0.2) is 29.2 Å². The quantitative estimate of drug-likeness (QED) is 0.278. The maximum atomic E-state index is 12.8. The number of benzene rings is 1. The molecule has 1 aromatic carbocycles. The Labute approximate surface area is 187 Å². The van der Waals surface area contributed by atoms with Crippen molar-refractivity contribution in [2.24, 2.45) is 0 Å². The van der Waals surface area contributed by atoms with Gasteiger partial charge < -0.3 is 14.0 Å². The fraction of sp³-hybridized carbons (Fsp3) is 0.286. The Morgan fingerprint density at radius 1 is 1.22 bits per heavy atom. The molecule has 1 saturated heterocycles. The van der Waals surface area contributed by atoms with E-state index in [4.69, 9.17) is 4.74 Å². The van der Waals surface area contributed by atoms with E-state index in [1.807, 2.05) is 6.92 Å². The van der Waals surface area contributed by atoms with Crippen LogP contribution < -0.4 is 4.74 Å². The van der Waals surface area contributed by atoms with E-state index in [0.717, 1.165) is 22.4 Å². The number of imide groups is 1. The van der Waals surface area contributed by atoms with Crippen molar-refractivity contribution in [2.75, 3.05) is 14.2 Å². The van der Waals surface area contributed by atoms with Crippen molar-refractivity contribution in [1.82, 2.24) is 9.47 Å². The molecule has 2 aromatic rings. The zero-order valence-electron chi connectivity index (χ0n) is 18.1. The summed E-state index contributed by atoms with van der Waals surface area (Å²) in [6.07, 6.45) is 1.57. The standard InChI is InChI=1S/C21H21N3O7S/c1-11-8-14(9-18-19(25)23(21(27)32-18)13(3)20(26)31-5)12(2)22(11)16-10-15(24(28)29)6-7-17(16)30-4/h6-10,13H,1-5H3/b18-9+/t13-/m0/s1. The van der Waals surface area contributed by atoms with Crippen LogP contribution in [-0.2, 0) is 14.3 Å². The van der Waals surface area contributed by atoms with Crippen LogP contribution >= 0.6 is 11.8 Å². The van der Waals surface area contributed by atoms with Crippen LogP contribution in [0.4, 0.5) is 10.5 Å². The highest BCUT2D eigenvalue weighted by Crippen LogP contribution is 2.36. The number of non-ortho nitro benzene ring substituents is 1. The van der Waals surface area contributed by atoms with Gasteiger partial charge in [-0.05, 0) is 56.3 Å². The first kappa shape index (κ1) is 23.1. The number of aromatic nitrogens is 1.